The van der Waals surface area contributed by atoms with Gasteiger partial charge >= 0.3 is 0 Å². The number of hydrogen-bond donors (Lipinski definition) is 2. The second-order valence-corrected chi connectivity index (χ2v) is 6.73. The van der Waals surface area contributed by atoms with Gasteiger partial charge < -0.3 is 15.5 Å². The quantitative estimate of drug-likeness (QED) is 0.241. The molecule has 0 bridgehead atoms. The average molecular weight is 510 g/mol. The number of rotatable bonds is 8. The number of halogens is 1. The van der Waals surface area contributed by atoms with Crippen LogP contribution < -0.4 is 15.5 Å². The van der Waals surface area contributed by atoms with Crippen molar-refractivity contribution in [3.63, 3.8) is 0 Å². The fourth-order valence-electron chi connectivity index (χ4n) is 3.21. The molecule has 0 unspecified atom stereocenters. The van der Waals surface area contributed by atoms with E-state index in [-0.39, 0.29) is 24.0 Å². The highest BCUT2D eigenvalue weighted by molar-refractivity contribution is 14.0. The molecule has 0 radical (unpaired) electrons. The van der Waals surface area contributed by atoms with Crippen LogP contribution in [-0.2, 0) is 6.42 Å². The minimum absolute atomic E-state index is 0. The zero-order chi connectivity index (χ0) is 19.4. The molecule has 0 aromatic carbocycles. The molecule has 3 heterocycles. The second kappa shape index (κ2) is 13.3. The van der Waals surface area contributed by atoms with Gasteiger partial charge in [0.15, 0.2) is 5.96 Å². The van der Waals surface area contributed by atoms with Gasteiger partial charge in [0.2, 0.25) is 5.95 Å². The predicted molar refractivity (Wildman–Crippen MR) is 128 cm³/mol. The number of aliphatic imine (C=N–C) groups is 1. The first-order valence-corrected chi connectivity index (χ1v) is 9.94. The lowest BCUT2D eigenvalue weighted by Gasteiger charge is -2.34. The van der Waals surface area contributed by atoms with Crippen LogP contribution in [0.15, 0.2) is 47.8 Å². The number of hydrogen-bond acceptors (Lipinski definition) is 6. The summed E-state index contributed by atoms with van der Waals surface area (Å²) in [7, 11) is 1.81. The average Bonchev–Trinajstić information content (AvgIpc) is 2.77. The van der Waals surface area contributed by atoms with Gasteiger partial charge in [-0.1, -0.05) is 6.07 Å². The molecule has 0 spiro atoms. The van der Waals surface area contributed by atoms with Gasteiger partial charge in [-0.15, -0.1) is 24.0 Å². The minimum atomic E-state index is 0. The Hall–Kier alpha value is -2.01. The lowest BCUT2D eigenvalue weighted by atomic mass is 10.3. The predicted octanol–water partition coefficient (Wildman–Crippen LogP) is 1.41. The number of nitrogens with one attached hydrogen (secondary N) is 2. The summed E-state index contributed by atoms with van der Waals surface area (Å²) in [4.78, 5) is 22.0. The zero-order valence-electron chi connectivity index (χ0n) is 17.0. The van der Waals surface area contributed by atoms with E-state index in [1.54, 1.807) is 19.4 Å². The maximum atomic E-state index is 4.34. The van der Waals surface area contributed by atoms with Gasteiger partial charge in [0.1, 0.15) is 0 Å². The van der Waals surface area contributed by atoms with Crippen LogP contribution in [-0.4, -0.2) is 78.7 Å². The minimum Gasteiger partial charge on any atom is -0.356 e. The molecule has 1 fully saturated rings. The largest absolute Gasteiger partial charge is 0.356 e. The third kappa shape index (κ3) is 8.09. The van der Waals surface area contributed by atoms with E-state index in [9.17, 15) is 0 Å². The normalized spacial score (nSPS) is 14.9. The van der Waals surface area contributed by atoms with Crippen molar-refractivity contribution in [2.24, 2.45) is 4.99 Å². The summed E-state index contributed by atoms with van der Waals surface area (Å²) >= 11 is 0. The second-order valence-electron chi connectivity index (χ2n) is 6.73. The Balaban J connectivity index is 0.00000300. The SMILES string of the molecule is CN=C(NCCCN1CCN(c2ncccn2)CC1)NCCc1ccccn1.I. The molecule has 0 amide bonds. The Bertz CT molecular complexity index is 705. The number of guanidine groups is 1. The Morgan fingerprint density at radius 3 is 2.38 bits per heavy atom. The summed E-state index contributed by atoms with van der Waals surface area (Å²) in [6, 6.07) is 7.85. The molecule has 2 aromatic rings. The zero-order valence-corrected chi connectivity index (χ0v) is 19.3. The topological polar surface area (TPSA) is 81.6 Å². The molecule has 2 N–H and O–H groups in total. The Labute approximate surface area is 190 Å². The molecular weight excluding hydrogens is 479 g/mol. The molecule has 0 saturated carbocycles. The van der Waals surface area contributed by atoms with Crippen molar-refractivity contribution >= 4 is 35.9 Å². The summed E-state index contributed by atoms with van der Waals surface area (Å²) in [5, 5.41) is 6.74. The van der Waals surface area contributed by atoms with Crippen molar-refractivity contribution < 1.29 is 0 Å². The lowest BCUT2D eigenvalue weighted by Crippen LogP contribution is -2.47. The Kier molecular flexibility index (Phi) is 10.6. The molecule has 158 valence electrons. The molecule has 3 rings (SSSR count). The molecule has 0 aliphatic carbocycles. The highest BCUT2D eigenvalue weighted by Crippen LogP contribution is 2.09. The van der Waals surface area contributed by atoms with E-state index >= 15 is 0 Å². The first-order chi connectivity index (χ1) is 13.8. The fraction of sp³-hybridized carbons (Fsp3) is 0.500. The van der Waals surface area contributed by atoms with Crippen LogP contribution in [0.1, 0.15) is 12.1 Å². The highest BCUT2D eigenvalue weighted by Gasteiger charge is 2.18. The van der Waals surface area contributed by atoms with E-state index in [2.05, 4.69) is 40.4 Å². The van der Waals surface area contributed by atoms with Crippen LogP contribution in [0.2, 0.25) is 0 Å². The fourth-order valence-corrected chi connectivity index (χ4v) is 3.21. The number of anilines is 1. The van der Waals surface area contributed by atoms with E-state index in [1.807, 2.05) is 30.5 Å². The van der Waals surface area contributed by atoms with Gasteiger partial charge in [-0.3, -0.25) is 14.9 Å². The third-order valence-corrected chi connectivity index (χ3v) is 4.77. The van der Waals surface area contributed by atoms with Crippen LogP contribution >= 0.6 is 24.0 Å². The highest BCUT2D eigenvalue weighted by atomic mass is 127. The van der Waals surface area contributed by atoms with Gasteiger partial charge in [-0.2, -0.15) is 0 Å². The maximum Gasteiger partial charge on any atom is 0.225 e. The van der Waals surface area contributed by atoms with Gasteiger partial charge in [-0.05, 0) is 31.2 Å². The molecule has 1 aliphatic rings. The van der Waals surface area contributed by atoms with Crippen LogP contribution in [0, 0.1) is 0 Å². The molecule has 9 heteroatoms. The first kappa shape index (κ1) is 23.3. The number of nitrogens with zero attached hydrogens (tertiary/aromatic N) is 6. The maximum absolute atomic E-state index is 4.34. The Morgan fingerprint density at radius 2 is 1.69 bits per heavy atom. The van der Waals surface area contributed by atoms with Crippen LogP contribution in [0.5, 0.6) is 0 Å². The molecule has 8 nitrogen and oxygen atoms in total. The third-order valence-electron chi connectivity index (χ3n) is 4.77. The molecule has 2 aromatic heterocycles. The monoisotopic (exact) mass is 510 g/mol. The van der Waals surface area contributed by atoms with Crippen molar-refractivity contribution in [2.45, 2.75) is 12.8 Å². The standard InChI is InChI=1S/C20H30N8.HI/c1-21-19(24-12-7-18-6-2-3-8-22-18)23-11-5-13-27-14-16-28(17-15-27)20-25-9-4-10-26-20;/h2-4,6,8-10H,5,7,11-17H2,1H3,(H2,21,23,24);1H. The van der Waals surface area contributed by atoms with E-state index in [1.165, 1.54) is 0 Å². The summed E-state index contributed by atoms with van der Waals surface area (Å²) in [5.74, 6) is 1.69. The van der Waals surface area contributed by atoms with Crippen LogP contribution in [0.25, 0.3) is 0 Å². The van der Waals surface area contributed by atoms with Gasteiger partial charge in [0.05, 0.1) is 0 Å². The number of pyridine rings is 1. The van der Waals surface area contributed by atoms with E-state index < -0.39 is 0 Å². The van der Waals surface area contributed by atoms with Crippen molar-refractivity contribution in [2.75, 3.05) is 57.8 Å². The molecular formula is C20H31IN8. The summed E-state index contributed by atoms with van der Waals surface area (Å²) in [5.41, 5.74) is 1.09. The first-order valence-electron chi connectivity index (χ1n) is 9.94. The van der Waals surface area contributed by atoms with Crippen LogP contribution in [0.4, 0.5) is 5.95 Å². The van der Waals surface area contributed by atoms with Crippen molar-refractivity contribution in [1.29, 1.82) is 0 Å². The van der Waals surface area contributed by atoms with Gasteiger partial charge in [0.25, 0.3) is 0 Å². The van der Waals surface area contributed by atoms with E-state index in [0.29, 0.717) is 0 Å². The summed E-state index contributed by atoms with van der Waals surface area (Å²) < 4.78 is 0. The smallest absolute Gasteiger partial charge is 0.225 e. The molecule has 29 heavy (non-hydrogen) atoms. The molecule has 0 atom stereocenters. The lowest BCUT2D eigenvalue weighted by molar-refractivity contribution is 0.254. The number of aromatic nitrogens is 3. The van der Waals surface area contributed by atoms with Crippen molar-refractivity contribution in [3.8, 4) is 0 Å². The Morgan fingerprint density at radius 1 is 0.966 bits per heavy atom. The van der Waals surface area contributed by atoms with E-state index in [0.717, 1.165) is 76.3 Å². The number of piperazine rings is 1. The van der Waals surface area contributed by atoms with Crippen molar-refractivity contribution in [3.05, 3.63) is 48.5 Å². The van der Waals surface area contributed by atoms with Gasteiger partial charge in [-0.25, -0.2) is 9.97 Å². The van der Waals surface area contributed by atoms with E-state index in [4.69, 9.17) is 0 Å². The van der Waals surface area contributed by atoms with Crippen molar-refractivity contribution in [1.82, 2.24) is 30.5 Å². The molecule has 1 aliphatic heterocycles. The van der Waals surface area contributed by atoms with Crippen LogP contribution in [0.3, 0.4) is 0 Å². The summed E-state index contributed by atoms with van der Waals surface area (Å²) in [6.45, 7) is 6.87. The van der Waals surface area contributed by atoms with Gasteiger partial charge in [0, 0.05) is 77.0 Å². The summed E-state index contributed by atoms with van der Waals surface area (Å²) in [6.07, 6.45) is 7.41. The molecule has 1 saturated heterocycles.